The zero-order valence-corrected chi connectivity index (χ0v) is 11.3. The van der Waals surface area contributed by atoms with E-state index in [-0.39, 0.29) is 11.8 Å². The standard InChI is InChI=1S/C14H19N3O/c1-9(2)13-12(14(16-18)10(3)4)11-7-5-6-8-17(11)15-13/h5-10,18H,1-4H3/b16-14+. The summed E-state index contributed by atoms with van der Waals surface area (Å²) in [5, 5.41) is 17.4. The maximum Gasteiger partial charge on any atom is 0.0933 e. The molecule has 96 valence electrons. The van der Waals surface area contributed by atoms with E-state index in [9.17, 15) is 5.21 Å². The van der Waals surface area contributed by atoms with Gasteiger partial charge in [0.05, 0.1) is 16.9 Å². The molecule has 2 heterocycles. The van der Waals surface area contributed by atoms with Crippen LogP contribution >= 0.6 is 0 Å². The van der Waals surface area contributed by atoms with Crippen molar-refractivity contribution in [3.63, 3.8) is 0 Å². The number of pyridine rings is 1. The predicted octanol–water partition coefficient (Wildman–Crippen LogP) is 3.29. The summed E-state index contributed by atoms with van der Waals surface area (Å²) in [5.41, 5.74) is 3.62. The summed E-state index contributed by atoms with van der Waals surface area (Å²) in [5.74, 6) is 0.441. The van der Waals surface area contributed by atoms with Crippen LogP contribution in [0.15, 0.2) is 29.6 Å². The van der Waals surface area contributed by atoms with E-state index >= 15 is 0 Å². The first-order valence-electron chi connectivity index (χ1n) is 6.25. The van der Waals surface area contributed by atoms with E-state index < -0.39 is 0 Å². The van der Waals surface area contributed by atoms with Gasteiger partial charge in [-0.15, -0.1) is 0 Å². The first kappa shape index (κ1) is 12.6. The molecule has 0 bridgehead atoms. The van der Waals surface area contributed by atoms with E-state index in [1.165, 1.54) is 0 Å². The molecule has 0 radical (unpaired) electrons. The van der Waals surface area contributed by atoms with Crippen molar-refractivity contribution in [3.05, 3.63) is 35.7 Å². The maximum atomic E-state index is 9.28. The first-order chi connectivity index (χ1) is 8.56. The zero-order chi connectivity index (χ0) is 13.3. The highest BCUT2D eigenvalue weighted by molar-refractivity contribution is 6.08. The highest BCUT2D eigenvalue weighted by atomic mass is 16.4. The van der Waals surface area contributed by atoms with Crippen molar-refractivity contribution < 1.29 is 5.21 Å². The van der Waals surface area contributed by atoms with E-state index in [2.05, 4.69) is 24.1 Å². The Morgan fingerprint density at radius 3 is 2.56 bits per heavy atom. The van der Waals surface area contributed by atoms with Gasteiger partial charge < -0.3 is 5.21 Å². The van der Waals surface area contributed by atoms with Crippen molar-refractivity contribution in [2.45, 2.75) is 33.6 Å². The summed E-state index contributed by atoms with van der Waals surface area (Å²) in [6, 6.07) is 5.92. The molecule has 0 amide bonds. The average molecular weight is 245 g/mol. The van der Waals surface area contributed by atoms with Gasteiger partial charge in [-0.05, 0) is 24.0 Å². The summed E-state index contributed by atoms with van der Waals surface area (Å²) in [6.07, 6.45) is 1.92. The molecule has 0 saturated carbocycles. The molecule has 0 fully saturated rings. The number of oxime groups is 1. The third-order valence-electron chi connectivity index (χ3n) is 3.02. The van der Waals surface area contributed by atoms with Gasteiger partial charge in [-0.2, -0.15) is 5.10 Å². The minimum absolute atomic E-state index is 0.153. The molecule has 0 aromatic carbocycles. The molecule has 0 unspecified atom stereocenters. The Kier molecular flexibility index (Phi) is 3.36. The second kappa shape index (κ2) is 4.80. The molecule has 0 aliphatic heterocycles. The third kappa shape index (κ3) is 1.98. The van der Waals surface area contributed by atoms with Crippen molar-refractivity contribution in [1.82, 2.24) is 9.61 Å². The fraction of sp³-hybridized carbons (Fsp3) is 0.429. The largest absolute Gasteiger partial charge is 0.411 e. The van der Waals surface area contributed by atoms with Gasteiger partial charge in [-0.25, -0.2) is 4.52 Å². The lowest BCUT2D eigenvalue weighted by molar-refractivity contribution is 0.316. The number of hydrogen-bond acceptors (Lipinski definition) is 3. The molecule has 2 aromatic heterocycles. The average Bonchev–Trinajstić information content (AvgIpc) is 2.70. The van der Waals surface area contributed by atoms with Crippen LogP contribution in [0.2, 0.25) is 0 Å². The quantitative estimate of drug-likeness (QED) is 0.512. The molecule has 0 aliphatic carbocycles. The molecule has 0 spiro atoms. The van der Waals surface area contributed by atoms with Gasteiger partial charge in [0.15, 0.2) is 0 Å². The Balaban J connectivity index is 2.77. The molecular formula is C14H19N3O. The van der Waals surface area contributed by atoms with Gasteiger partial charge in [-0.3, -0.25) is 0 Å². The Hall–Kier alpha value is -1.84. The van der Waals surface area contributed by atoms with E-state index in [4.69, 9.17) is 0 Å². The van der Waals surface area contributed by atoms with Crippen LogP contribution in [0.3, 0.4) is 0 Å². The first-order valence-corrected chi connectivity index (χ1v) is 6.25. The molecule has 4 heteroatoms. The van der Waals surface area contributed by atoms with Crippen LogP contribution < -0.4 is 0 Å². The van der Waals surface area contributed by atoms with Gasteiger partial charge in [0.25, 0.3) is 0 Å². The minimum atomic E-state index is 0.153. The Bertz CT molecular complexity index is 582. The summed E-state index contributed by atoms with van der Waals surface area (Å²) >= 11 is 0. The van der Waals surface area contributed by atoms with E-state index in [1.807, 2.05) is 42.8 Å². The normalized spacial score (nSPS) is 12.9. The number of fused-ring (bicyclic) bond motifs is 1. The van der Waals surface area contributed by atoms with Gasteiger partial charge in [-0.1, -0.05) is 38.9 Å². The number of hydrogen-bond donors (Lipinski definition) is 1. The van der Waals surface area contributed by atoms with Crippen molar-refractivity contribution in [2.75, 3.05) is 0 Å². The van der Waals surface area contributed by atoms with Crippen LogP contribution in [0, 0.1) is 5.92 Å². The fourth-order valence-corrected chi connectivity index (χ4v) is 2.14. The van der Waals surface area contributed by atoms with Crippen LogP contribution in [0.1, 0.15) is 44.9 Å². The van der Waals surface area contributed by atoms with Crippen LogP contribution in [0.25, 0.3) is 5.52 Å². The SMILES string of the molecule is CC(C)/C(=N\O)c1c(C(C)C)nn2ccccc12. The molecular weight excluding hydrogens is 226 g/mol. The van der Waals surface area contributed by atoms with Crippen molar-refractivity contribution in [2.24, 2.45) is 11.1 Å². The zero-order valence-electron chi connectivity index (χ0n) is 11.3. The predicted molar refractivity (Wildman–Crippen MR) is 72.4 cm³/mol. The second-order valence-electron chi connectivity index (χ2n) is 5.09. The van der Waals surface area contributed by atoms with Gasteiger partial charge in [0, 0.05) is 11.8 Å². The summed E-state index contributed by atoms with van der Waals surface area (Å²) < 4.78 is 1.85. The third-order valence-corrected chi connectivity index (χ3v) is 3.02. The Morgan fingerprint density at radius 2 is 2.00 bits per heavy atom. The van der Waals surface area contributed by atoms with Crippen LogP contribution in [0.5, 0.6) is 0 Å². The van der Waals surface area contributed by atoms with Gasteiger partial charge >= 0.3 is 0 Å². The smallest absolute Gasteiger partial charge is 0.0933 e. The molecule has 2 aromatic rings. The molecule has 1 N–H and O–H groups in total. The van der Waals surface area contributed by atoms with Crippen LogP contribution in [-0.2, 0) is 0 Å². The topological polar surface area (TPSA) is 49.9 Å². The maximum absolute atomic E-state index is 9.28. The number of rotatable bonds is 3. The Morgan fingerprint density at radius 1 is 1.28 bits per heavy atom. The van der Waals surface area contributed by atoms with E-state index in [1.54, 1.807) is 0 Å². The van der Waals surface area contributed by atoms with Gasteiger partial charge in [0.1, 0.15) is 0 Å². The minimum Gasteiger partial charge on any atom is -0.411 e. The summed E-state index contributed by atoms with van der Waals surface area (Å²) in [7, 11) is 0. The fourth-order valence-electron chi connectivity index (χ4n) is 2.14. The van der Waals surface area contributed by atoms with E-state index in [0.29, 0.717) is 5.71 Å². The lowest BCUT2D eigenvalue weighted by atomic mass is 9.95. The molecule has 4 nitrogen and oxygen atoms in total. The number of nitrogens with zero attached hydrogens (tertiary/aromatic N) is 3. The van der Waals surface area contributed by atoms with Crippen molar-refractivity contribution >= 4 is 11.2 Å². The molecule has 2 rings (SSSR count). The summed E-state index contributed by atoms with van der Waals surface area (Å²) in [6.45, 7) is 8.23. The van der Waals surface area contributed by atoms with Gasteiger partial charge in [0.2, 0.25) is 0 Å². The molecule has 0 atom stereocenters. The van der Waals surface area contributed by atoms with Crippen molar-refractivity contribution in [3.8, 4) is 0 Å². The molecule has 0 saturated heterocycles. The van der Waals surface area contributed by atoms with Crippen LogP contribution in [0.4, 0.5) is 0 Å². The summed E-state index contributed by atoms with van der Waals surface area (Å²) in [4.78, 5) is 0. The highest BCUT2D eigenvalue weighted by Crippen LogP contribution is 2.25. The van der Waals surface area contributed by atoms with Crippen molar-refractivity contribution in [1.29, 1.82) is 0 Å². The number of aromatic nitrogens is 2. The lowest BCUT2D eigenvalue weighted by Crippen LogP contribution is -2.12. The Labute approximate surface area is 107 Å². The monoisotopic (exact) mass is 245 g/mol. The van der Waals surface area contributed by atoms with E-state index in [0.717, 1.165) is 16.8 Å². The molecule has 18 heavy (non-hydrogen) atoms. The molecule has 0 aliphatic rings. The lowest BCUT2D eigenvalue weighted by Gasteiger charge is -2.10. The highest BCUT2D eigenvalue weighted by Gasteiger charge is 2.22. The van der Waals surface area contributed by atoms with Crippen LogP contribution in [-0.4, -0.2) is 20.5 Å². The second-order valence-corrected chi connectivity index (χ2v) is 5.09.